The highest BCUT2D eigenvalue weighted by Crippen LogP contribution is 2.44. The fourth-order valence-corrected chi connectivity index (χ4v) is 4.45. The Balaban J connectivity index is 1.79. The zero-order valence-corrected chi connectivity index (χ0v) is 15.6. The van der Waals surface area contributed by atoms with Gasteiger partial charge < -0.3 is 14.8 Å². The third-order valence-corrected chi connectivity index (χ3v) is 5.78. The van der Waals surface area contributed by atoms with E-state index in [1.165, 1.54) is 34.1 Å². The molecule has 4 rings (SSSR count). The van der Waals surface area contributed by atoms with Gasteiger partial charge in [-0.25, -0.2) is 0 Å². The van der Waals surface area contributed by atoms with E-state index in [9.17, 15) is 19.5 Å². The summed E-state index contributed by atoms with van der Waals surface area (Å²) in [7, 11) is 1.66. The number of nitrogens with zero attached hydrogens (tertiary/aromatic N) is 2. The summed E-state index contributed by atoms with van der Waals surface area (Å²) in [6.07, 6.45) is 0. The number of carbonyl (C=O) groups excluding carboxylic acids is 3. The van der Waals surface area contributed by atoms with Crippen LogP contribution in [0, 0.1) is 0 Å². The van der Waals surface area contributed by atoms with Crippen molar-refractivity contribution in [1.82, 2.24) is 0 Å². The van der Waals surface area contributed by atoms with Gasteiger partial charge in [0.1, 0.15) is 0 Å². The van der Waals surface area contributed by atoms with E-state index in [-0.39, 0.29) is 20.7 Å². The number of fused-ring (bicyclic) bond motifs is 1. The molecule has 2 aliphatic heterocycles. The van der Waals surface area contributed by atoms with Crippen LogP contribution in [-0.2, 0) is 9.59 Å². The monoisotopic (exact) mass is 395 g/mol. The van der Waals surface area contributed by atoms with E-state index in [1.807, 2.05) is 18.2 Å². The van der Waals surface area contributed by atoms with Crippen LogP contribution in [0.3, 0.4) is 0 Å². The van der Waals surface area contributed by atoms with E-state index in [2.05, 4.69) is 0 Å². The third kappa shape index (κ3) is 2.65. The second-order valence-electron chi connectivity index (χ2n) is 5.93. The van der Waals surface area contributed by atoms with Crippen molar-refractivity contribution in [3.8, 4) is 0 Å². The van der Waals surface area contributed by atoms with Crippen LogP contribution < -0.4 is 14.9 Å². The van der Waals surface area contributed by atoms with Crippen molar-refractivity contribution in [3.05, 3.63) is 64.6 Å². The highest BCUT2D eigenvalue weighted by Gasteiger charge is 2.41. The van der Waals surface area contributed by atoms with Crippen molar-refractivity contribution < 1.29 is 19.5 Å². The minimum absolute atomic E-state index is 0.00377. The predicted molar refractivity (Wildman–Crippen MR) is 105 cm³/mol. The molecular formula is C19H11N2O4S2-. The molecule has 6 nitrogen and oxygen atoms in total. The number of hydrogen-bond acceptors (Lipinski definition) is 6. The number of thioether (sulfide) groups is 1. The Kier molecular flexibility index (Phi) is 4.09. The van der Waals surface area contributed by atoms with E-state index >= 15 is 0 Å². The zero-order valence-electron chi connectivity index (χ0n) is 14.0. The minimum Gasteiger partial charge on any atom is -0.545 e. The second kappa shape index (κ2) is 6.33. The van der Waals surface area contributed by atoms with E-state index in [4.69, 9.17) is 12.2 Å². The van der Waals surface area contributed by atoms with Gasteiger partial charge in [0.15, 0.2) is 4.32 Å². The lowest BCUT2D eigenvalue weighted by Crippen LogP contribution is -2.28. The summed E-state index contributed by atoms with van der Waals surface area (Å²) in [5.74, 6) is -1.96. The van der Waals surface area contributed by atoms with E-state index < -0.39 is 11.9 Å². The summed E-state index contributed by atoms with van der Waals surface area (Å²) in [4.78, 5) is 39.8. The van der Waals surface area contributed by atoms with Crippen LogP contribution in [0.5, 0.6) is 0 Å². The summed E-state index contributed by atoms with van der Waals surface area (Å²) >= 11 is 6.41. The van der Waals surface area contributed by atoms with Crippen LogP contribution in [0.1, 0.15) is 15.9 Å². The number of carboxylic acid groups (broad SMARTS) is 1. The second-order valence-corrected chi connectivity index (χ2v) is 7.57. The van der Waals surface area contributed by atoms with Crippen LogP contribution in [0.2, 0.25) is 0 Å². The lowest BCUT2D eigenvalue weighted by Gasteiger charge is -2.15. The maximum atomic E-state index is 13.0. The quantitative estimate of drug-likeness (QED) is 0.570. The summed E-state index contributed by atoms with van der Waals surface area (Å²) in [6.45, 7) is 0. The van der Waals surface area contributed by atoms with E-state index in [1.54, 1.807) is 13.1 Å². The standard InChI is InChI=1S/C19H12N2O4S2/c1-20-13-5-3-2-4-12(13)14(16(20)22)15-17(23)21(19(26)27-15)11-8-6-10(7-9-11)18(24)25/h2-9H,1H3,(H,24,25)/p-1/b15-14-. The van der Waals surface area contributed by atoms with Crippen LogP contribution in [0.25, 0.3) is 5.57 Å². The van der Waals surface area contributed by atoms with Gasteiger partial charge >= 0.3 is 0 Å². The molecule has 27 heavy (non-hydrogen) atoms. The Hall–Kier alpha value is -2.97. The number of carbonyl (C=O) groups is 3. The van der Waals surface area contributed by atoms with E-state index in [0.29, 0.717) is 16.8 Å². The molecule has 0 unspecified atom stereocenters. The molecule has 134 valence electrons. The van der Waals surface area contributed by atoms with E-state index in [0.717, 1.165) is 17.4 Å². The molecule has 2 amide bonds. The molecule has 0 aliphatic carbocycles. The van der Waals surface area contributed by atoms with Crippen molar-refractivity contribution >= 4 is 63.0 Å². The lowest BCUT2D eigenvalue weighted by atomic mass is 10.1. The maximum Gasteiger partial charge on any atom is 0.271 e. The number of hydrogen-bond donors (Lipinski definition) is 0. The Bertz CT molecular complexity index is 1060. The smallest absolute Gasteiger partial charge is 0.271 e. The molecule has 0 saturated carbocycles. The fourth-order valence-electron chi connectivity index (χ4n) is 3.08. The Morgan fingerprint density at radius 2 is 1.70 bits per heavy atom. The van der Waals surface area contributed by atoms with Crippen LogP contribution in [0.4, 0.5) is 11.4 Å². The first-order valence-corrected chi connectivity index (χ1v) is 9.12. The molecule has 0 N–H and O–H groups in total. The Labute approximate surface area is 164 Å². The molecule has 0 spiro atoms. The van der Waals surface area contributed by atoms with Crippen LogP contribution in [0.15, 0.2) is 53.4 Å². The van der Waals surface area contributed by atoms with Gasteiger partial charge in [0.05, 0.1) is 27.8 Å². The van der Waals surface area contributed by atoms with Gasteiger partial charge in [-0.05, 0) is 23.8 Å². The fraction of sp³-hybridized carbons (Fsp3) is 0.0526. The molecular weight excluding hydrogens is 384 g/mol. The molecule has 0 atom stereocenters. The number of thiocarbonyl (C=S) groups is 1. The van der Waals surface area contributed by atoms with Crippen LogP contribution in [-0.4, -0.2) is 29.2 Å². The maximum absolute atomic E-state index is 13.0. The summed E-state index contributed by atoms with van der Waals surface area (Å²) < 4.78 is 0.281. The SMILES string of the molecule is CN1C(=O)/C(=C2\SC(=S)N(c3ccc(C(=O)[O-])cc3)C2=O)c2ccccc21. The summed E-state index contributed by atoms with van der Waals surface area (Å²) in [5, 5.41) is 10.9. The van der Waals surface area contributed by atoms with Crippen LogP contribution >= 0.6 is 24.0 Å². The van der Waals surface area contributed by atoms with Gasteiger partial charge in [-0.3, -0.25) is 14.5 Å². The molecule has 1 fully saturated rings. The average molecular weight is 395 g/mol. The van der Waals surface area contributed by atoms with Gasteiger partial charge in [0.2, 0.25) is 0 Å². The summed E-state index contributed by atoms with van der Waals surface area (Å²) in [6, 6.07) is 12.9. The lowest BCUT2D eigenvalue weighted by molar-refractivity contribution is -0.255. The Morgan fingerprint density at radius 3 is 2.37 bits per heavy atom. The van der Waals surface area contributed by atoms with Gasteiger partial charge in [-0.1, -0.05) is 54.3 Å². The number of rotatable bonds is 2. The van der Waals surface area contributed by atoms with Crippen molar-refractivity contribution in [2.75, 3.05) is 16.8 Å². The molecule has 0 aromatic heterocycles. The Morgan fingerprint density at radius 1 is 1.04 bits per heavy atom. The first-order valence-electron chi connectivity index (χ1n) is 7.89. The molecule has 8 heteroatoms. The van der Waals surface area contributed by atoms with Crippen molar-refractivity contribution in [1.29, 1.82) is 0 Å². The van der Waals surface area contributed by atoms with Crippen molar-refractivity contribution in [2.24, 2.45) is 0 Å². The normalized spacial score (nSPS) is 19.1. The highest BCUT2D eigenvalue weighted by molar-refractivity contribution is 8.27. The average Bonchev–Trinajstić information content (AvgIpc) is 3.08. The molecule has 2 aromatic rings. The number of anilines is 2. The largest absolute Gasteiger partial charge is 0.545 e. The topological polar surface area (TPSA) is 80.8 Å². The number of benzene rings is 2. The molecule has 2 heterocycles. The number of carboxylic acids is 1. The first-order chi connectivity index (χ1) is 12.9. The van der Waals surface area contributed by atoms with Gasteiger partial charge in [-0.15, -0.1) is 0 Å². The predicted octanol–water partition coefficient (Wildman–Crippen LogP) is 1.80. The number of para-hydroxylation sites is 1. The van der Waals surface area contributed by atoms with Crippen molar-refractivity contribution in [3.63, 3.8) is 0 Å². The number of amides is 2. The van der Waals surface area contributed by atoms with Crippen molar-refractivity contribution in [2.45, 2.75) is 0 Å². The number of likely N-dealkylation sites (N-methyl/N-ethyl adjacent to an activating group) is 1. The minimum atomic E-state index is -1.30. The third-order valence-electron chi connectivity index (χ3n) is 4.41. The molecule has 1 saturated heterocycles. The summed E-state index contributed by atoms with van der Waals surface area (Å²) in [5.41, 5.74) is 2.20. The molecule has 2 aliphatic rings. The van der Waals surface area contributed by atoms with Gasteiger partial charge in [-0.2, -0.15) is 0 Å². The molecule has 0 radical (unpaired) electrons. The van der Waals surface area contributed by atoms with Gasteiger partial charge in [0, 0.05) is 12.6 Å². The first kappa shape index (κ1) is 17.4. The molecule has 0 bridgehead atoms. The van der Waals surface area contributed by atoms with Gasteiger partial charge in [0.25, 0.3) is 11.8 Å². The highest BCUT2D eigenvalue weighted by atomic mass is 32.2. The number of aromatic carboxylic acids is 1. The molecule has 2 aromatic carbocycles. The zero-order chi connectivity index (χ0) is 19.3.